The smallest absolute Gasteiger partial charge is 0.246 e. The second kappa shape index (κ2) is 6.72. The fourth-order valence-electron chi connectivity index (χ4n) is 2.69. The molecule has 7 heteroatoms. The van der Waals surface area contributed by atoms with Crippen LogP contribution in [0.15, 0.2) is 59.5 Å². The summed E-state index contributed by atoms with van der Waals surface area (Å²) in [7, 11) is 1.61. The van der Waals surface area contributed by atoms with Crippen LogP contribution < -0.4 is 10.1 Å². The summed E-state index contributed by atoms with van der Waals surface area (Å²) in [5.41, 5.74) is 3.79. The van der Waals surface area contributed by atoms with E-state index in [1.54, 1.807) is 13.3 Å². The molecule has 0 bridgehead atoms. The van der Waals surface area contributed by atoms with Crippen molar-refractivity contribution >= 4 is 11.6 Å². The molecule has 0 unspecified atom stereocenters. The first-order valence-electron chi connectivity index (χ1n) is 8.06. The molecule has 0 atom stereocenters. The molecule has 0 spiro atoms. The minimum Gasteiger partial charge on any atom is -0.496 e. The van der Waals surface area contributed by atoms with E-state index in [2.05, 4.69) is 31.5 Å². The lowest BCUT2D eigenvalue weighted by Crippen LogP contribution is -1.95. The molecule has 0 aliphatic rings. The van der Waals surface area contributed by atoms with Crippen LogP contribution in [0.4, 0.5) is 11.6 Å². The van der Waals surface area contributed by atoms with E-state index >= 15 is 0 Å². The maximum absolute atomic E-state index is 5.46. The summed E-state index contributed by atoms with van der Waals surface area (Å²) in [6.07, 6.45) is 3.04. The SMILES string of the molecule is COc1cc(Nc2n[nH]c(-c3cccc(C)c3)n2)ccc1-c1cnco1. The molecule has 0 aliphatic carbocycles. The number of methoxy groups -OCH3 is 1. The lowest BCUT2D eigenvalue weighted by molar-refractivity contribution is 0.415. The Kier molecular flexibility index (Phi) is 4.10. The van der Waals surface area contributed by atoms with E-state index in [4.69, 9.17) is 9.15 Å². The zero-order chi connectivity index (χ0) is 17.9. The maximum Gasteiger partial charge on any atom is 0.246 e. The first-order chi connectivity index (χ1) is 12.7. The van der Waals surface area contributed by atoms with Crippen molar-refractivity contribution in [3.05, 3.63) is 60.6 Å². The number of benzene rings is 2. The van der Waals surface area contributed by atoms with Crippen molar-refractivity contribution in [3.8, 4) is 28.5 Å². The topological polar surface area (TPSA) is 88.9 Å². The van der Waals surface area contributed by atoms with Gasteiger partial charge in [-0.2, -0.15) is 4.98 Å². The third-order valence-electron chi connectivity index (χ3n) is 3.93. The van der Waals surface area contributed by atoms with Gasteiger partial charge in [0, 0.05) is 17.3 Å². The molecule has 4 rings (SSSR count). The Morgan fingerprint density at radius 3 is 2.85 bits per heavy atom. The van der Waals surface area contributed by atoms with E-state index in [0.29, 0.717) is 23.3 Å². The highest BCUT2D eigenvalue weighted by atomic mass is 16.5. The Morgan fingerprint density at radius 2 is 2.08 bits per heavy atom. The van der Waals surface area contributed by atoms with E-state index < -0.39 is 0 Å². The molecule has 0 fully saturated rings. The molecule has 0 saturated heterocycles. The number of aryl methyl sites for hydroxylation is 1. The van der Waals surface area contributed by atoms with E-state index in [-0.39, 0.29) is 0 Å². The summed E-state index contributed by atoms with van der Waals surface area (Å²) in [6.45, 7) is 2.04. The van der Waals surface area contributed by atoms with Crippen molar-refractivity contribution < 1.29 is 9.15 Å². The van der Waals surface area contributed by atoms with Crippen molar-refractivity contribution in [2.45, 2.75) is 6.92 Å². The van der Waals surface area contributed by atoms with Crippen molar-refractivity contribution in [1.82, 2.24) is 20.2 Å². The third kappa shape index (κ3) is 3.14. The highest BCUT2D eigenvalue weighted by Gasteiger charge is 2.11. The van der Waals surface area contributed by atoms with Crippen molar-refractivity contribution in [1.29, 1.82) is 0 Å². The van der Waals surface area contributed by atoms with Crippen molar-refractivity contribution in [3.63, 3.8) is 0 Å². The molecular formula is C19H17N5O2. The van der Waals surface area contributed by atoms with Gasteiger partial charge in [0.15, 0.2) is 18.0 Å². The van der Waals surface area contributed by atoms with Gasteiger partial charge in [-0.25, -0.2) is 4.98 Å². The van der Waals surface area contributed by atoms with Gasteiger partial charge in [-0.05, 0) is 25.1 Å². The highest BCUT2D eigenvalue weighted by Crippen LogP contribution is 2.33. The lowest BCUT2D eigenvalue weighted by Gasteiger charge is -2.09. The van der Waals surface area contributed by atoms with Crippen LogP contribution in [0, 0.1) is 6.92 Å². The summed E-state index contributed by atoms with van der Waals surface area (Å²) in [5.74, 6) is 2.51. The molecule has 26 heavy (non-hydrogen) atoms. The molecule has 0 aliphatic heterocycles. The molecule has 130 valence electrons. The number of aromatic nitrogens is 4. The van der Waals surface area contributed by atoms with Crippen LogP contribution in [0.25, 0.3) is 22.7 Å². The van der Waals surface area contributed by atoms with E-state index in [1.807, 2.05) is 43.3 Å². The fourth-order valence-corrected chi connectivity index (χ4v) is 2.69. The monoisotopic (exact) mass is 347 g/mol. The average Bonchev–Trinajstić information content (AvgIpc) is 3.33. The summed E-state index contributed by atoms with van der Waals surface area (Å²) >= 11 is 0. The highest BCUT2D eigenvalue weighted by molar-refractivity contribution is 5.71. The average molecular weight is 347 g/mol. The van der Waals surface area contributed by atoms with Gasteiger partial charge in [0.2, 0.25) is 5.95 Å². The summed E-state index contributed by atoms with van der Waals surface area (Å²) in [5, 5.41) is 10.4. The van der Waals surface area contributed by atoms with Crippen LogP contribution in [0.3, 0.4) is 0 Å². The van der Waals surface area contributed by atoms with E-state index in [0.717, 1.165) is 16.8 Å². The predicted molar refractivity (Wildman–Crippen MR) is 98.3 cm³/mol. The third-order valence-corrected chi connectivity index (χ3v) is 3.93. The number of nitrogens with one attached hydrogen (secondary N) is 2. The van der Waals surface area contributed by atoms with Gasteiger partial charge in [-0.3, -0.25) is 5.10 Å². The first-order valence-corrected chi connectivity index (χ1v) is 8.06. The van der Waals surface area contributed by atoms with E-state index in [9.17, 15) is 0 Å². The number of aromatic amines is 1. The second-order valence-electron chi connectivity index (χ2n) is 5.78. The zero-order valence-corrected chi connectivity index (χ0v) is 14.4. The normalized spacial score (nSPS) is 10.7. The Balaban J connectivity index is 1.58. The molecule has 2 heterocycles. The number of oxazole rings is 1. The van der Waals surface area contributed by atoms with Crippen LogP contribution >= 0.6 is 0 Å². The van der Waals surface area contributed by atoms with Gasteiger partial charge >= 0.3 is 0 Å². The maximum atomic E-state index is 5.46. The Bertz CT molecular complexity index is 1020. The lowest BCUT2D eigenvalue weighted by atomic mass is 10.1. The first kappa shape index (κ1) is 15.9. The summed E-state index contributed by atoms with van der Waals surface area (Å²) < 4.78 is 10.8. The molecule has 2 N–H and O–H groups in total. The minimum atomic E-state index is 0.482. The van der Waals surface area contributed by atoms with Gasteiger partial charge in [0.25, 0.3) is 0 Å². The fraction of sp³-hybridized carbons (Fsp3) is 0.105. The number of rotatable bonds is 5. The molecule has 0 amide bonds. The minimum absolute atomic E-state index is 0.482. The molecule has 2 aromatic carbocycles. The molecular weight excluding hydrogens is 330 g/mol. The molecule has 2 aromatic heterocycles. The quantitative estimate of drug-likeness (QED) is 0.563. The van der Waals surface area contributed by atoms with Crippen LogP contribution in [0.1, 0.15) is 5.56 Å². The van der Waals surface area contributed by atoms with Crippen molar-refractivity contribution in [2.75, 3.05) is 12.4 Å². The number of nitrogens with zero attached hydrogens (tertiary/aromatic N) is 3. The van der Waals surface area contributed by atoms with Crippen molar-refractivity contribution in [2.24, 2.45) is 0 Å². The van der Waals surface area contributed by atoms with Gasteiger partial charge in [0.1, 0.15) is 5.75 Å². The zero-order valence-electron chi connectivity index (χ0n) is 14.4. The van der Waals surface area contributed by atoms with Crippen LogP contribution in [-0.2, 0) is 0 Å². The van der Waals surface area contributed by atoms with E-state index in [1.165, 1.54) is 12.0 Å². The standard InChI is InChI=1S/C19H17N5O2/c1-12-4-3-5-13(8-12)18-22-19(24-23-18)21-14-6-7-15(16(9-14)25-2)17-10-20-11-26-17/h3-11H,1-2H3,(H2,21,22,23,24). The Labute approximate surface area is 150 Å². The largest absolute Gasteiger partial charge is 0.496 e. The Hall–Kier alpha value is -3.61. The van der Waals surface area contributed by atoms with Crippen LogP contribution in [0.2, 0.25) is 0 Å². The summed E-state index contributed by atoms with van der Waals surface area (Å²) in [6, 6.07) is 13.8. The van der Waals surface area contributed by atoms with Crippen LogP contribution in [0.5, 0.6) is 5.75 Å². The molecule has 0 saturated carbocycles. The van der Waals surface area contributed by atoms with Gasteiger partial charge < -0.3 is 14.5 Å². The molecule has 4 aromatic rings. The van der Waals surface area contributed by atoms with Crippen LogP contribution in [-0.4, -0.2) is 27.3 Å². The number of hydrogen-bond donors (Lipinski definition) is 2. The molecule has 7 nitrogen and oxygen atoms in total. The van der Waals surface area contributed by atoms with Gasteiger partial charge in [-0.1, -0.05) is 23.8 Å². The Morgan fingerprint density at radius 1 is 1.15 bits per heavy atom. The number of hydrogen-bond acceptors (Lipinski definition) is 6. The molecule has 0 radical (unpaired) electrons. The predicted octanol–water partition coefficient (Wildman–Crippen LogP) is 4.19. The summed E-state index contributed by atoms with van der Waals surface area (Å²) in [4.78, 5) is 8.44. The second-order valence-corrected chi connectivity index (χ2v) is 5.78. The number of ether oxygens (including phenoxy) is 1. The number of anilines is 2. The number of H-pyrrole nitrogens is 1. The van der Waals surface area contributed by atoms with Gasteiger partial charge in [-0.15, -0.1) is 5.10 Å². The van der Waals surface area contributed by atoms with Gasteiger partial charge in [0.05, 0.1) is 18.9 Å².